The fourth-order valence-corrected chi connectivity index (χ4v) is 3.35. The lowest BCUT2D eigenvalue weighted by atomic mass is 10.0. The zero-order valence-electron chi connectivity index (χ0n) is 17.3. The summed E-state index contributed by atoms with van der Waals surface area (Å²) in [5.74, 6) is -1.81. The van der Waals surface area contributed by atoms with Crippen LogP contribution in [-0.4, -0.2) is 16.5 Å². The Morgan fingerprint density at radius 2 is 1.75 bits per heavy atom. The van der Waals surface area contributed by atoms with Gasteiger partial charge in [0.15, 0.2) is 17.1 Å². The zero-order valence-corrected chi connectivity index (χ0v) is 17.3. The Bertz CT molecular complexity index is 1270. The Hall–Kier alpha value is -3.81. The van der Waals surface area contributed by atoms with Crippen LogP contribution in [0.15, 0.2) is 59.0 Å². The van der Waals surface area contributed by atoms with Gasteiger partial charge in [-0.15, -0.1) is 0 Å². The number of hydrogen-bond acceptors (Lipinski definition) is 5. The fourth-order valence-electron chi connectivity index (χ4n) is 3.35. The maximum absolute atomic E-state index is 14.6. The number of non-ortho nitro benzene ring substituents is 1. The van der Waals surface area contributed by atoms with Gasteiger partial charge in [-0.2, -0.15) is 4.39 Å². The van der Waals surface area contributed by atoms with E-state index in [2.05, 4.69) is 11.9 Å². The number of benzene rings is 3. The van der Waals surface area contributed by atoms with Crippen molar-refractivity contribution in [3.05, 3.63) is 76.3 Å². The van der Waals surface area contributed by atoms with E-state index in [-0.39, 0.29) is 22.9 Å². The zero-order chi connectivity index (χ0) is 22.7. The van der Waals surface area contributed by atoms with Crippen LogP contribution in [0, 0.1) is 21.7 Å². The monoisotopic (exact) mass is 438 g/mol. The van der Waals surface area contributed by atoms with Crippen molar-refractivity contribution in [3.8, 4) is 28.3 Å². The first-order valence-electron chi connectivity index (χ1n) is 10.2. The number of ether oxygens (including phenoxy) is 1. The van der Waals surface area contributed by atoms with Gasteiger partial charge in [-0.3, -0.25) is 10.1 Å². The molecule has 6 nitrogen and oxygen atoms in total. The third kappa shape index (κ3) is 4.30. The molecule has 0 saturated carbocycles. The molecule has 32 heavy (non-hydrogen) atoms. The SMILES string of the molecule is CCCCCOc1ccc(-c2ccc(-c3nc4cc([N+](=O)[O-])ccc4o3)cc2)c(F)c1F. The van der Waals surface area contributed by atoms with Gasteiger partial charge in [0.25, 0.3) is 5.69 Å². The number of nitro groups is 1. The van der Waals surface area contributed by atoms with Gasteiger partial charge < -0.3 is 9.15 Å². The molecule has 0 aliphatic rings. The second-order valence-corrected chi connectivity index (χ2v) is 7.30. The molecule has 0 spiro atoms. The minimum atomic E-state index is -1.01. The Balaban J connectivity index is 1.56. The molecule has 1 aromatic heterocycles. The van der Waals surface area contributed by atoms with Gasteiger partial charge >= 0.3 is 0 Å². The lowest BCUT2D eigenvalue weighted by molar-refractivity contribution is -0.384. The van der Waals surface area contributed by atoms with Crippen molar-refractivity contribution in [2.24, 2.45) is 0 Å². The van der Waals surface area contributed by atoms with Gasteiger partial charge in [-0.25, -0.2) is 9.37 Å². The van der Waals surface area contributed by atoms with Crippen molar-refractivity contribution < 1.29 is 22.9 Å². The number of rotatable bonds is 8. The number of aromatic nitrogens is 1. The van der Waals surface area contributed by atoms with E-state index in [0.29, 0.717) is 28.8 Å². The fraction of sp³-hybridized carbons (Fsp3) is 0.208. The molecular formula is C24H20F2N2O4. The van der Waals surface area contributed by atoms with Crippen molar-refractivity contribution in [2.75, 3.05) is 6.61 Å². The third-order valence-electron chi connectivity index (χ3n) is 5.08. The van der Waals surface area contributed by atoms with Crippen LogP contribution in [-0.2, 0) is 0 Å². The number of fused-ring (bicyclic) bond motifs is 1. The number of hydrogen-bond donors (Lipinski definition) is 0. The maximum atomic E-state index is 14.6. The molecule has 0 fully saturated rings. The average Bonchev–Trinajstić information content (AvgIpc) is 3.23. The van der Waals surface area contributed by atoms with Gasteiger partial charge in [0.05, 0.1) is 11.5 Å². The summed E-state index contributed by atoms with van der Waals surface area (Å²) in [5.41, 5.74) is 1.89. The number of nitrogens with zero attached hydrogens (tertiary/aromatic N) is 2. The summed E-state index contributed by atoms with van der Waals surface area (Å²) in [6.45, 7) is 2.39. The summed E-state index contributed by atoms with van der Waals surface area (Å²) in [7, 11) is 0. The highest BCUT2D eigenvalue weighted by atomic mass is 19.2. The first kappa shape index (κ1) is 21.4. The molecule has 0 saturated heterocycles. The Morgan fingerprint density at radius 3 is 2.47 bits per heavy atom. The van der Waals surface area contributed by atoms with Gasteiger partial charge in [-0.05, 0) is 42.3 Å². The van der Waals surface area contributed by atoms with Crippen LogP contribution in [0.4, 0.5) is 14.5 Å². The molecule has 0 bridgehead atoms. The lowest BCUT2D eigenvalue weighted by Crippen LogP contribution is -2.01. The number of oxazole rings is 1. The van der Waals surface area contributed by atoms with Crippen LogP contribution in [0.5, 0.6) is 5.75 Å². The van der Waals surface area contributed by atoms with Crippen LogP contribution in [0.25, 0.3) is 33.7 Å². The van der Waals surface area contributed by atoms with Crippen LogP contribution < -0.4 is 4.74 Å². The minimum Gasteiger partial charge on any atom is -0.490 e. The molecule has 0 unspecified atom stereocenters. The minimum absolute atomic E-state index is 0.0806. The molecule has 0 aliphatic heterocycles. The van der Waals surface area contributed by atoms with Crippen molar-refractivity contribution in [2.45, 2.75) is 26.2 Å². The van der Waals surface area contributed by atoms with Crippen molar-refractivity contribution in [1.29, 1.82) is 0 Å². The quantitative estimate of drug-likeness (QED) is 0.170. The lowest BCUT2D eigenvalue weighted by Gasteiger charge is -2.10. The van der Waals surface area contributed by atoms with E-state index < -0.39 is 16.6 Å². The smallest absolute Gasteiger partial charge is 0.271 e. The molecule has 164 valence electrons. The van der Waals surface area contributed by atoms with Crippen molar-refractivity contribution >= 4 is 16.8 Å². The van der Waals surface area contributed by atoms with Gasteiger partial charge in [-0.1, -0.05) is 31.9 Å². The van der Waals surface area contributed by atoms with Crippen LogP contribution in [0.3, 0.4) is 0 Å². The molecule has 3 aromatic carbocycles. The number of unbranched alkanes of at least 4 members (excludes halogenated alkanes) is 2. The topological polar surface area (TPSA) is 78.4 Å². The molecule has 0 aliphatic carbocycles. The molecule has 0 N–H and O–H groups in total. The van der Waals surface area contributed by atoms with Crippen molar-refractivity contribution in [3.63, 3.8) is 0 Å². The standard InChI is InChI=1S/C24H20F2N2O4/c1-2-3-4-13-31-21-12-10-18(22(25)23(21)26)15-5-7-16(8-6-15)24-27-19-14-17(28(29)30)9-11-20(19)32-24/h5-12,14H,2-4,13H2,1H3. The first-order chi connectivity index (χ1) is 15.5. The van der Waals surface area contributed by atoms with Gasteiger partial charge in [0, 0.05) is 23.3 Å². The molecule has 0 radical (unpaired) electrons. The highest BCUT2D eigenvalue weighted by Gasteiger charge is 2.17. The van der Waals surface area contributed by atoms with Crippen molar-refractivity contribution in [1.82, 2.24) is 4.98 Å². The van der Waals surface area contributed by atoms with E-state index in [0.717, 1.165) is 19.3 Å². The van der Waals surface area contributed by atoms with Crippen LogP contribution in [0.2, 0.25) is 0 Å². The second kappa shape index (κ2) is 9.13. The van der Waals surface area contributed by atoms with E-state index in [1.165, 1.54) is 30.3 Å². The predicted molar refractivity (Wildman–Crippen MR) is 116 cm³/mol. The predicted octanol–water partition coefficient (Wildman–Crippen LogP) is 6.92. The third-order valence-corrected chi connectivity index (χ3v) is 5.08. The maximum Gasteiger partial charge on any atom is 0.271 e. The normalized spacial score (nSPS) is 11.1. The van der Waals surface area contributed by atoms with Crippen LogP contribution in [0.1, 0.15) is 26.2 Å². The summed E-state index contributed by atoms with van der Waals surface area (Å²) in [6, 6.07) is 13.7. The Morgan fingerprint density at radius 1 is 1.00 bits per heavy atom. The van der Waals surface area contributed by atoms with Crippen LogP contribution >= 0.6 is 0 Å². The largest absolute Gasteiger partial charge is 0.490 e. The van der Waals surface area contributed by atoms with E-state index >= 15 is 0 Å². The molecule has 0 amide bonds. The Kier molecular flexibility index (Phi) is 6.11. The van der Waals surface area contributed by atoms with E-state index in [9.17, 15) is 18.9 Å². The molecule has 0 atom stereocenters. The summed E-state index contributed by atoms with van der Waals surface area (Å²) in [4.78, 5) is 14.7. The number of halogens is 2. The van der Waals surface area contributed by atoms with E-state index in [4.69, 9.17) is 9.15 Å². The molecule has 4 rings (SSSR count). The van der Waals surface area contributed by atoms with Gasteiger partial charge in [0.1, 0.15) is 5.52 Å². The molecule has 4 aromatic rings. The molecular weight excluding hydrogens is 418 g/mol. The second-order valence-electron chi connectivity index (χ2n) is 7.30. The summed E-state index contributed by atoms with van der Waals surface area (Å²) in [5, 5.41) is 10.9. The summed E-state index contributed by atoms with van der Waals surface area (Å²) < 4.78 is 40.1. The summed E-state index contributed by atoms with van der Waals surface area (Å²) in [6.07, 6.45) is 2.76. The average molecular weight is 438 g/mol. The molecule has 1 heterocycles. The first-order valence-corrected chi connectivity index (χ1v) is 10.2. The number of nitro benzene ring substituents is 1. The van der Waals surface area contributed by atoms with Gasteiger partial charge in [0.2, 0.25) is 11.7 Å². The summed E-state index contributed by atoms with van der Waals surface area (Å²) >= 11 is 0. The highest BCUT2D eigenvalue weighted by Crippen LogP contribution is 2.32. The van der Waals surface area contributed by atoms with E-state index in [1.54, 1.807) is 24.3 Å². The molecule has 8 heteroatoms. The van der Waals surface area contributed by atoms with E-state index in [1.807, 2.05) is 0 Å². The Labute approximate surface area is 182 Å². The highest BCUT2D eigenvalue weighted by molar-refractivity contribution is 5.79.